The fourth-order valence-electron chi connectivity index (χ4n) is 2.47. The van der Waals surface area contributed by atoms with E-state index in [9.17, 15) is 15.3 Å². The van der Waals surface area contributed by atoms with Gasteiger partial charge in [0.1, 0.15) is 24.4 Å². The normalized spacial score (nSPS) is 30.2. The second-order valence-corrected chi connectivity index (χ2v) is 5.56. The van der Waals surface area contributed by atoms with Crippen LogP contribution in [0.15, 0.2) is 36.5 Å². The molecule has 1 aromatic carbocycles. The molecule has 3 rings (SSSR count). The van der Waals surface area contributed by atoms with Crippen molar-refractivity contribution in [3.63, 3.8) is 0 Å². The summed E-state index contributed by atoms with van der Waals surface area (Å²) in [7, 11) is 0. The summed E-state index contributed by atoms with van der Waals surface area (Å²) in [6, 6.07) is 9.63. The van der Waals surface area contributed by atoms with Gasteiger partial charge >= 0.3 is 0 Å². The van der Waals surface area contributed by atoms with Crippen LogP contribution in [0, 0.1) is 0 Å². The predicted octanol–water partition coefficient (Wildman–Crippen LogP) is -1.49. The number of nitrogens with zero attached hydrogens (tertiary/aromatic N) is 3. The Labute approximate surface area is 137 Å². The van der Waals surface area contributed by atoms with Crippen molar-refractivity contribution in [2.75, 3.05) is 6.61 Å². The zero-order chi connectivity index (χ0) is 17.1. The summed E-state index contributed by atoms with van der Waals surface area (Å²) < 4.78 is 12.2. The zero-order valence-electron chi connectivity index (χ0n) is 12.7. The molecule has 1 saturated heterocycles. The number of rotatable bonds is 5. The highest BCUT2D eigenvalue weighted by molar-refractivity contribution is 5.15. The summed E-state index contributed by atoms with van der Waals surface area (Å²) in [4.78, 5) is 0. The Morgan fingerprint density at radius 1 is 1.08 bits per heavy atom. The van der Waals surface area contributed by atoms with Gasteiger partial charge in [-0.3, -0.25) is 0 Å². The molecule has 2 heterocycles. The second kappa shape index (κ2) is 7.24. The van der Waals surface area contributed by atoms with Gasteiger partial charge in [0.25, 0.3) is 5.88 Å². The van der Waals surface area contributed by atoms with E-state index in [4.69, 9.17) is 14.6 Å². The predicted molar refractivity (Wildman–Crippen MR) is 80.0 cm³/mol. The lowest BCUT2D eigenvalue weighted by molar-refractivity contribution is -0.278. The number of aliphatic hydroxyl groups is 4. The van der Waals surface area contributed by atoms with Gasteiger partial charge in [0.05, 0.1) is 19.3 Å². The Morgan fingerprint density at radius 3 is 2.54 bits per heavy atom. The molecule has 9 nitrogen and oxygen atoms in total. The third-order valence-electron chi connectivity index (χ3n) is 3.79. The fraction of sp³-hybridized carbons (Fsp3) is 0.467. The van der Waals surface area contributed by atoms with Crippen LogP contribution in [-0.4, -0.2) is 72.7 Å². The Bertz CT molecular complexity index is 650. The van der Waals surface area contributed by atoms with Gasteiger partial charge < -0.3 is 29.9 Å². The molecule has 9 heteroatoms. The van der Waals surface area contributed by atoms with Crippen LogP contribution < -0.4 is 4.74 Å². The first kappa shape index (κ1) is 16.8. The minimum Gasteiger partial charge on any atom is -0.443 e. The Kier molecular flexibility index (Phi) is 5.07. The topological polar surface area (TPSA) is 130 Å². The largest absolute Gasteiger partial charge is 0.443 e. The van der Waals surface area contributed by atoms with Crippen molar-refractivity contribution in [2.24, 2.45) is 0 Å². The molecular weight excluding hydrogens is 318 g/mol. The molecule has 2 aromatic rings. The van der Waals surface area contributed by atoms with E-state index < -0.39 is 37.3 Å². The molecule has 0 unspecified atom stereocenters. The van der Waals surface area contributed by atoms with Gasteiger partial charge in [-0.15, -0.1) is 0 Å². The highest BCUT2D eigenvalue weighted by Crippen LogP contribution is 2.23. The van der Waals surface area contributed by atoms with Crippen molar-refractivity contribution >= 4 is 0 Å². The van der Waals surface area contributed by atoms with E-state index in [2.05, 4.69) is 10.3 Å². The summed E-state index contributed by atoms with van der Waals surface area (Å²) in [5.74, 6) is 0.0928. The molecule has 24 heavy (non-hydrogen) atoms. The van der Waals surface area contributed by atoms with Crippen LogP contribution in [0.2, 0.25) is 0 Å². The third-order valence-corrected chi connectivity index (χ3v) is 3.79. The van der Waals surface area contributed by atoms with Crippen LogP contribution in [0.3, 0.4) is 0 Å². The summed E-state index contributed by atoms with van der Waals surface area (Å²) in [5.41, 5.74) is 1.03. The van der Waals surface area contributed by atoms with E-state index in [1.807, 2.05) is 30.3 Å². The second-order valence-electron chi connectivity index (χ2n) is 5.56. The van der Waals surface area contributed by atoms with E-state index in [1.54, 1.807) is 4.68 Å². The van der Waals surface area contributed by atoms with Crippen molar-refractivity contribution in [2.45, 2.75) is 37.3 Å². The van der Waals surface area contributed by atoms with E-state index >= 15 is 0 Å². The number of hydrogen-bond acceptors (Lipinski definition) is 8. The number of aliphatic hydroxyl groups excluding tert-OH is 4. The van der Waals surface area contributed by atoms with E-state index in [1.165, 1.54) is 6.20 Å². The summed E-state index contributed by atoms with van der Waals surface area (Å²) in [6.07, 6.45) is -5.20. The molecule has 0 aliphatic carbocycles. The minimum atomic E-state index is -1.50. The highest BCUT2D eigenvalue weighted by atomic mass is 16.7. The minimum absolute atomic E-state index is 0.0928. The smallest absolute Gasteiger partial charge is 0.255 e. The van der Waals surface area contributed by atoms with Crippen LogP contribution in [-0.2, 0) is 11.3 Å². The molecule has 0 saturated carbocycles. The molecule has 0 amide bonds. The van der Waals surface area contributed by atoms with Crippen molar-refractivity contribution in [1.29, 1.82) is 0 Å². The van der Waals surface area contributed by atoms with Crippen molar-refractivity contribution in [3.05, 3.63) is 42.1 Å². The lowest BCUT2D eigenvalue weighted by Crippen LogP contribution is -2.60. The van der Waals surface area contributed by atoms with Gasteiger partial charge in [0, 0.05) is 0 Å². The first-order valence-electron chi connectivity index (χ1n) is 7.49. The van der Waals surface area contributed by atoms with E-state index in [0.29, 0.717) is 6.54 Å². The maximum atomic E-state index is 9.93. The van der Waals surface area contributed by atoms with E-state index in [-0.39, 0.29) is 5.88 Å². The van der Waals surface area contributed by atoms with Crippen molar-refractivity contribution in [3.8, 4) is 5.88 Å². The molecule has 0 bridgehead atoms. The average molecular weight is 337 g/mol. The summed E-state index contributed by atoms with van der Waals surface area (Å²) in [5, 5.41) is 46.3. The maximum Gasteiger partial charge on any atom is 0.255 e. The molecule has 0 spiro atoms. The molecule has 5 atom stereocenters. The molecule has 130 valence electrons. The quantitative estimate of drug-likeness (QED) is 0.519. The van der Waals surface area contributed by atoms with Gasteiger partial charge in [0.15, 0.2) is 0 Å². The monoisotopic (exact) mass is 337 g/mol. The van der Waals surface area contributed by atoms with Gasteiger partial charge in [-0.25, -0.2) is 4.68 Å². The molecule has 1 aromatic heterocycles. The number of benzene rings is 1. The van der Waals surface area contributed by atoms with Crippen molar-refractivity contribution in [1.82, 2.24) is 15.0 Å². The maximum absolute atomic E-state index is 9.93. The molecule has 1 aliphatic heterocycles. The summed E-state index contributed by atoms with van der Waals surface area (Å²) in [6.45, 7) is -0.0304. The number of hydrogen-bond donors (Lipinski definition) is 4. The van der Waals surface area contributed by atoms with Crippen LogP contribution in [0.1, 0.15) is 5.56 Å². The standard InChI is InChI=1S/C15H19N3O6/c19-8-10-12(20)13(21)14(22)15(23-10)24-11-7-18(17-16-11)6-9-4-2-1-3-5-9/h1-5,7,10,12-15,19-22H,6,8H2/t10-,12-,13+,14+,15-/m1/s1. The van der Waals surface area contributed by atoms with Crippen molar-refractivity contribution < 1.29 is 29.9 Å². The van der Waals surface area contributed by atoms with Crippen LogP contribution in [0.25, 0.3) is 0 Å². The van der Waals surface area contributed by atoms with Gasteiger partial charge in [-0.05, 0) is 5.56 Å². The lowest BCUT2D eigenvalue weighted by Gasteiger charge is -2.39. The highest BCUT2D eigenvalue weighted by Gasteiger charge is 2.44. The first-order valence-corrected chi connectivity index (χ1v) is 7.49. The number of aromatic nitrogens is 3. The van der Waals surface area contributed by atoms with Gasteiger partial charge in [-0.2, -0.15) is 0 Å². The van der Waals surface area contributed by atoms with Crippen LogP contribution in [0.5, 0.6) is 5.88 Å². The molecule has 0 radical (unpaired) electrons. The molecule has 1 fully saturated rings. The van der Waals surface area contributed by atoms with Gasteiger partial charge in [0.2, 0.25) is 6.29 Å². The van der Waals surface area contributed by atoms with Crippen LogP contribution in [0.4, 0.5) is 0 Å². The SMILES string of the molecule is OC[C@H]1O[C@H](Oc2cn(Cc3ccccc3)nn2)[C@@H](O)[C@@H](O)[C@@H]1O. The fourth-order valence-corrected chi connectivity index (χ4v) is 2.47. The van der Waals surface area contributed by atoms with Gasteiger partial charge in [-0.1, -0.05) is 40.6 Å². The van der Waals surface area contributed by atoms with Crippen LogP contribution >= 0.6 is 0 Å². The summed E-state index contributed by atoms with van der Waals surface area (Å²) >= 11 is 0. The molecular formula is C15H19N3O6. The Morgan fingerprint density at radius 2 is 1.83 bits per heavy atom. The Balaban J connectivity index is 1.65. The lowest BCUT2D eigenvalue weighted by atomic mass is 9.99. The average Bonchev–Trinajstić information content (AvgIpc) is 3.03. The van der Waals surface area contributed by atoms with E-state index in [0.717, 1.165) is 5.56 Å². The molecule has 4 N–H and O–H groups in total. The number of ether oxygens (including phenoxy) is 2. The zero-order valence-corrected chi connectivity index (χ0v) is 12.7. The Hall–Kier alpha value is -2.04. The molecule has 1 aliphatic rings. The first-order chi connectivity index (χ1) is 11.6. The third kappa shape index (κ3) is 3.55.